The third kappa shape index (κ3) is 1.42. The molecule has 3 aromatic rings. The molecule has 0 spiro atoms. The Hall–Kier alpha value is -2.29. The van der Waals surface area contributed by atoms with Crippen molar-refractivity contribution in [1.82, 2.24) is 9.97 Å². The first-order chi connectivity index (χ1) is 7.83. The summed E-state index contributed by atoms with van der Waals surface area (Å²) in [5.41, 5.74) is 9.76. The Balaban J connectivity index is 2.19. The maximum atomic E-state index is 5.75. The van der Waals surface area contributed by atoms with Gasteiger partial charge in [-0.2, -0.15) is 0 Å². The zero-order valence-corrected chi connectivity index (χ0v) is 8.64. The van der Waals surface area contributed by atoms with E-state index in [1.54, 1.807) is 6.20 Å². The first kappa shape index (κ1) is 8.97. The minimum Gasteiger partial charge on any atom is -0.399 e. The molecule has 0 saturated heterocycles. The van der Waals surface area contributed by atoms with E-state index in [0.717, 1.165) is 27.8 Å². The summed E-state index contributed by atoms with van der Waals surface area (Å²) in [6, 6.07) is 11.9. The lowest BCUT2D eigenvalue weighted by Crippen LogP contribution is -1.81. The molecule has 3 nitrogen and oxygen atoms in total. The summed E-state index contributed by atoms with van der Waals surface area (Å²) in [7, 11) is 0. The maximum Gasteiger partial charge on any atom is 0.0480 e. The molecule has 0 amide bonds. The lowest BCUT2D eigenvalue weighted by molar-refractivity contribution is 1.31. The van der Waals surface area contributed by atoms with Gasteiger partial charge in [0.25, 0.3) is 0 Å². The van der Waals surface area contributed by atoms with Gasteiger partial charge in [-0.3, -0.25) is 4.98 Å². The Bertz CT molecular complexity index is 626. The summed E-state index contributed by atoms with van der Waals surface area (Å²) in [5.74, 6) is 0. The Morgan fingerprint density at radius 2 is 2.06 bits per heavy atom. The average Bonchev–Trinajstić information content (AvgIpc) is 2.73. The summed E-state index contributed by atoms with van der Waals surface area (Å²) in [4.78, 5) is 7.45. The van der Waals surface area contributed by atoms with Gasteiger partial charge in [-0.1, -0.05) is 0 Å². The third-order valence-corrected chi connectivity index (χ3v) is 2.62. The number of aromatic nitrogens is 2. The van der Waals surface area contributed by atoms with Crippen LogP contribution in [0.2, 0.25) is 0 Å². The van der Waals surface area contributed by atoms with Gasteiger partial charge in [0.15, 0.2) is 0 Å². The fourth-order valence-electron chi connectivity index (χ4n) is 1.83. The second-order valence-electron chi connectivity index (χ2n) is 3.77. The van der Waals surface area contributed by atoms with Crippen LogP contribution in [0.25, 0.3) is 22.2 Å². The zero-order chi connectivity index (χ0) is 11.0. The molecule has 3 N–H and O–H groups in total. The lowest BCUT2D eigenvalue weighted by atomic mass is 10.2. The van der Waals surface area contributed by atoms with Gasteiger partial charge in [-0.05, 0) is 36.4 Å². The van der Waals surface area contributed by atoms with Gasteiger partial charge in [0, 0.05) is 40.2 Å². The van der Waals surface area contributed by atoms with Crippen molar-refractivity contribution in [1.29, 1.82) is 0 Å². The summed E-state index contributed by atoms with van der Waals surface area (Å²) in [6.07, 6.45) is 3.61. The molecule has 78 valence electrons. The van der Waals surface area contributed by atoms with Gasteiger partial charge in [0.2, 0.25) is 0 Å². The predicted octanol–water partition coefficient (Wildman–Crippen LogP) is 2.81. The zero-order valence-electron chi connectivity index (χ0n) is 8.64. The highest BCUT2D eigenvalue weighted by molar-refractivity contribution is 5.87. The van der Waals surface area contributed by atoms with E-state index in [0.29, 0.717) is 0 Å². The summed E-state index contributed by atoms with van der Waals surface area (Å²) < 4.78 is 0. The number of benzene rings is 1. The van der Waals surface area contributed by atoms with Crippen LogP contribution in [0.3, 0.4) is 0 Å². The average molecular weight is 209 g/mol. The first-order valence-electron chi connectivity index (χ1n) is 5.11. The molecule has 0 unspecified atom stereocenters. The first-order valence-corrected chi connectivity index (χ1v) is 5.11. The molecule has 0 bridgehead atoms. The van der Waals surface area contributed by atoms with Crippen molar-refractivity contribution in [3.8, 4) is 11.3 Å². The van der Waals surface area contributed by atoms with Crippen LogP contribution in [0.15, 0.2) is 48.8 Å². The van der Waals surface area contributed by atoms with Gasteiger partial charge < -0.3 is 10.7 Å². The van der Waals surface area contributed by atoms with Crippen molar-refractivity contribution in [2.45, 2.75) is 0 Å². The molecular weight excluding hydrogens is 198 g/mol. The van der Waals surface area contributed by atoms with Crippen LogP contribution in [0, 0.1) is 0 Å². The smallest absolute Gasteiger partial charge is 0.0480 e. The lowest BCUT2D eigenvalue weighted by Gasteiger charge is -1.94. The van der Waals surface area contributed by atoms with Gasteiger partial charge in [0.1, 0.15) is 0 Å². The van der Waals surface area contributed by atoms with Crippen LogP contribution < -0.4 is 5.73 Å². The molecule has 2 heterocycles. The predicted molar refractivity (Wildman–Crippen MR) is 65.9 cm³/mol. The number of H-pyrrole nitrogens is 1. The SMILES string of the molecule is Nc1ccc2[nH]c(-c3cccnc3)cc2c1. The number of rotatable bonds is 1. The molecule has 0 aliphatic rings. The number of aromatic amines is 1. The second-order valence-corrected chi connectivity index (χ2v) is 3.77. The molecule has 0 fully saturated rings. The van der Waals surface area contributed by atoms with Crippen LogP contribution in [-0.2, 0) is 0 Å². The van der Waals surface area contributed by atoms with E-state index in [9.17, 15) is 0 Å². The minimum absolute atomic E-state index is 0.782. The molecule has 0 saturated carbocycles. The van der Waals surface area contributed by atoms with Crippen LogP contribution in [0.1, 0.15) is 0 Å². The number of nitrogen functional groups attached to an aromatic ring is 1. The molecule has 16 heavy (non-hydrogen) atoms. The number of hydrogen-bond acceptors (Lipinski definition) is 2. The molecule has 0 radical (unpaired) electrons. The Kier molecular flexibility index (Phi) is 1.90. The van der Waals surface area contributed by atoms with Crippen molar-refractivity contribution >= 4 is 16.6 Å². The maximum absolute atomic E-state index is 5.75. The van der Waals surface area contributed by atoms with Crippen molar-refractivity contribution in [2.75, 3.05) is 5.73 Å². The Morgan fingerprint density at radius 1 is 1.12 bits per heavy atom. The monoisotopic (exact) mass is 209 g/mol. The molecule has 0 atom stereocenters. The van der Waals surface area contributed by atoms with E-state index in [1.165, 1.54) is 0 Å². The quantitative estimate of drug-likeness (QED) is 0.605. The van der Waals surface area contributed by atoms with Crippen LogP contribution in [-0.4, -0.2) is 9.97 Å². The van der Waals surface area contributed by atoms with Crippen LogP contribution in [0.5, 0.6) is 0 Å². The standard InChI is InChI=1S/C13H11N3/c14-11-3-4-12-10(6-11)7-13(16-12)9-2-1-5-15-8-9/h1-8,16H,14H2. The normalized spacial score (nSPS) is 10.8. The highest BCUT2D eigenvalue weighted by atomic mass is 14.7. The molecule has 2 aromatic heterocycles. The number of fused-ring (bicyclic) bond motifs is 1. The van der Waals surface area contributed by atoms with Crippen LogP contribution in [0.4, 0.5) is 5.69 Å². The van der Waals surface area contributed by atoms with Gasteiger partial charge in [-0.25, -0.2) is 0 Å². The number of nitrogens with zero attached hydrogens (tertiary/aromatic N) is 1. The Morgan fingerprint density at radius 3 is 2.88 bits per heavy atom. The van der Waals surface area contributed by atoms with E-state index < -0.39 is 0 Å². The number of pyridine rings is 1. The van der Waals surface area contributed by atoms with Gasteiger partial charge in [-0.15, -0.1) is 0 Å². The summed E-state index contributed by atoms with van der Waals surface area (Å²) in [6.45, 7) is 0. The highest BCUT2D eigenvalue weighted by Crippen LogP contribution is 2.24. The Labute approximate surface area is 92.9 Å². The third-order valence-electron chi connectivity index (χ3n) is 2.62. The summed E-state index contributed by atoms with van der Waals surface area (Å²) >= 11 is 0. The summed E-state index contributed by atoms with van der Waals surface area (Å²) in [5, 5.41) is 1.12. The van der Waals surface area contributed by atoms with Crippen LogP contribution >= 0.6 is 0 Å². The van der Waals surface area contributed by atoms with Crippen molar-refractivity contribution in [2.24, 2.45) is 0 Å². The number of nitrogens with two attached hydrogens (primary N) is 1. The molecule has 0 aliphatic heterocycles. The molecule has 3 rings (SSSR count). The van der Waals surface area contributed by atoms with E-state index in [2.05, 4.69) is 16.0 Å². The highest BCUT2D eigenvalue weighted by Gasteiger charge is 2.02. The number of anilines is 1. The second kappa shape index (κ2) is 3.38. The number of hydrogen-bond donors (Lipinski definition) is 2. The minimum atomic E-state index is 0.782. The number of nitrogens with one attached hydrogen (secondary N) is 1. The van der Waals surface area contributed by atoms with Crippen molar-refractivity contribution in [3.63, 3.8) is 0 Å². The fraction of sp³-hybridized carbons (Fsp3) is 0. The van der Waals surface area contributed by atoms with Gasteiger partial charge >= 0.3 is 0 Å². The van der Waals surface area contributed by atoms with E-state index in [-0.39, 0.29) is 0 Å². The van der Waals surface area contributed by atoms with E-state index in [4.69, 9.17) is 5.73 Å². The molecule has 1 aromatic carbocycles. The van der Waals surface area contributed by atoms with Crippen molar-refractivity contribution in [3.05, 3.63) is 48.8 Å². The fourth-order valence-corrected chi connectivity index (χ4v) is 1.83. The molecule has 0 aliphatic carbocycles. The van der Waals surface area contributed by atoms with E-state index >= 15 is 0 Å². The van der Waals surface area contributed by atoms with Crippen molar-refractivity contribution < 1.29 is 0 Å². The molecular formula is C13H11N3. The topological polar surface area (TPSA) is 54.7 Å². The van der Waals surface area contributed by atoms with E-state index in [1.807, 2.05) is 36.5 Å². The molecule has 3 heteroatoms. The van der Waals surface area contributed by atoms with Gasteiger partial charge in [0.05, 0.1) is 0 Å². The largest absolute Gasteiger partial charge is 0.399 e.